The molecule has 0 atom stereocenters. The molecule has 0 fully saturated rings. The van der Waals surface area contributed by atoms with Crippen molar-refractivity contribution in [3.05, 3.63) is 60.2 Å². The van der Waals surface area contributed by atoms with Crippen LogP contribution in [0.3, 0.4) is 0 Å². The van der Waals surface area contributed by atoms with E-state index in [1.807, 2.05) is 30.3 Å². The number of carbonyl (C=O) groups excluding carboxylic acids is 1. The van der Waals surface area contributed by atoms with Crippen molar-refractivity contribution in [2.24, 2.45) is 0 Å². The number of hydrogen-bond donors (Lipinski definition) is 2. The smallest absolute Gasteiger partial charge is 0.216 e. The summed E-state index contributed by atoms with van der Waals surface area (Å²) < 4.78 is 0. The standard InChI is InChI=1S/C16H18N2O/c1-13(19)17-12-11-14-7-9-16(10-8-14)18-15-5-3-2-4-6-15/h2-10,18H,11-12H2,1H3,(H,17,19). The summed E-state index contributed by atoms with van der Waals surface area (Å²) in [6.07, 6.45) is 0.852. The number of amides is 1. The molecular formula is C16H18N2O. The van der Waals surface area contributed by atoms with Crippen LogP contribution < -0.4 is 10.6 Å². The molecule has 98 valence electrons. The van der Waals surface area contributed by atoms with Crippen LogP contribution in [0.5, 0.6) is 0 Å². The van der Waals surface area contributed by atoms with Gasteiger partial charge in [-0.05, 0) is 36.2 Å². The van der Waals surface area contributed by atoms with E-state index in [0.29, 0.717) is 6.54 Å². The number of benzene rings is 2. The van der Waals surface area contributed by atoms with Gasteiger partial charge in [-0.2, -0.15) is 0 Å². The van der Waals surface area contributed by atoms with Crippen molar-refractivity contribution >= 4 is 17.3 Å². The Hall–Kier alpha value is -2.29. The summed E-state index contributed by atoms with van der Waals surface area (Å²) in [5.41, 5.74) is 3.36. The minimum absolute atomic E-state index is 0.0161. The summed E-state index contributed by atoms with van der Waals surface area (Å²) in [6.45, 7) is 2.22. The fraction of sp³-hybridized carbons (Fsp3) is 0.188. The van der Waals surface area contributed by atoms with Crippen LogP contribution in [-0.4, -0.2) is 12.5 Å². The molecule has 0 aliphatic carbocycles. The van der Waals surface area contributed by atoms with Gasteiger partial charge >= 0.3 is 0 Å². The van der Waals surface area contributed by atoms with Gasteiger partial charge in [0.15, 0.2) is 0 Å². The van der Waals surface area contributed by atoms with Crippen LogP contribution in [0.15, 0.2) is 54.6 Å². The van der Waals surface area contributed by atoms with Crippen molar-refractivity contribution in [1.82, 2.24) is 5.32 Å². The van der Waals surface area contributed by atoms with Crippen LogP contribution >= 0.6 is 0 Å². The van der Waals surface area contributed by atoms with Crippen molar-refractivity contribution < 1.29 is 4.79 Å². The first kappa shape index (κ1) is 13.1. The first-order valence-electron chi connectivity index (χ1n) is 6.39. The number of hydrogen-bond acceptors (Lipinski definition) is 2. The highest BCUT2D eigenvalue weighted by atomic mass is 16.1. The van der Waals surface area contributed by atoms with E-state index in [-0.39, 0.29) is 5.91 Å². The first-order chi connectivity index (χ1) is 9.24. The van der Waals surface area contributed by atoms with Crippen LogP contribution in [0, 0.1) is 0 Å². The molecule has 1 amide bonds. The highest BCUT2D eigenvalue weighted by Gasteiger charge is 1.97. The quantitative estimate of drug-likeness (QED) is 0.860. The second-order valence-corrected chi connectivity index (χ2v) is 4.42. The zero-order valence-corrected chi connectivity index (χ0v) is 11.0. The molecule has 0 heterocycles. The lowest BCUT2D eigenvalue weighted by Gasteiger charge is -2.07. The first-order valence-corrected chi connectivity index (χ1v) is 6.39. The molecule has 0 aromatic heterocycles. The van der Waals surface area contributed by atoms with E-state index in [1.54, 1.807) is 0 Å². The fourth-order valence-electron chi connectivity index (χ4n) is 1.83. The molecule has 19 heavy (non-hydrogen) atoms. The molecule has 0 bridgehead atoms. The largest absolute Gasteiger partial charge is 0.356 e. The lowest BCUT2D eigenvalue weighted by molar-refractivity contribution is -0.118. The maximum atomic E-state index is 10.8. The number of anilines is 2. The van der Waals surface area contributed by atoms with Crippen molar-refractivity contribution in [2.45, 2.75) is 13.3 Å². The number of nitrogens with one attached hydrogen (secondary N) is 2. The van der Waals surface area contributed by atoms with E-state index in [0.717, 1.165) is 17.8 Å². The minimum atomic E-state index is 0.0161. The topological polar surface area (TPSA) is 41.1 Å². The van der Waals surface area contributed by atoms with Crippen molar-refractivity contribution in [3.8, 4) is 0 Å². The summed E-state index contributed by atoms with van der Waals surface area (Å²) in [4.78, 5) is 10.8. The third-order valence-electron chi connectivity index (χ3n) is 2.80. The van der Waals surface area contributed by atoms with E-state index in [9.17, 15) is 4.79 Å². The number of rotatable bonds is 5. The summed E-state index contributed by atoms with van der Waals surface area (Å²) in [7, 11) is 0. The molecule has 3 nitrogen and oxygen atoms in total. The zero-order chi connectivity index (χ0) is 13.5. The van der Waals surface area contributed by atoms with E-state index in [2.05, 4.69) is 34.9 Å². The molecular weight excluding hydrogens is 236 g/mol. The van der Waals surface area contributed by atoms with Crippen molar-refractivity contribution in [2.75, 3.05) is 11.9 Å². The van der Waals surface area contributed by atoms with Crippen LogP contribution in [-0.2, 0) is 11.2 Å². The highest BCUT2D eigenvalue weighted by molar-refractivity contribution is 5.72. The Labute approximate surface area is 113 Å². The summed E-state index contributed by atoms with van der Waals surface area (Å²) >= 11 is 0. The van der Waals surface area contributed by atoms with E-state index < -0.39 is 0 Å². The molecule has 0 aliphatic rings. The molecule has 2 rings (SSSR count). The Morgan fingerprint density at radius 1 is 0.947 bits per heavy atom. The monoisotopic (exact) mass is 254 g/mol. The molecule has 0 aliphatic heterocycles. The lowest BCUT2D eigenvalue weighted by Crippen LogP contribution is -2.22. The normalized spacial score (nSPS) is 9.95. The lowest BCUT2D eigenvalue weighted by atomic mass is 10.1. The van der Waals surface area contributed by atoms with Gasteiger partial charge in [0.2, 0.25) is 5.91 Å². The van der Waals surface area contributed by atoms with E-state index in [4.69, 9.17) is 0 Å². The molecule has 2 aromatic rings. The molecule has 0 saturated carbocycles. The number of carbonyl (C=O) groups is 1. The Kier molecular flexibility index (Phi) is 4.56. The molecule has 3 heteroatoms. The van der Waals surface area contributed by atoms with Crippen molar-refractivity contribution in [1.29, 1.82) is 0 Å². The van der Waals surface area contributed by atoms with Gasteiger partial charge in [-0.3, -0.25) is 4.79 Å². The van der Waals surface area contributed by atoms with Gasteiger partial charge in [0, 0.05) is 24.8 Å². The molecule has 0 unspecified atom stereocenters. The van der Waals surface area contributed by atoms with Gasteiger partial charge < -0.3 is 10.6 Å². The molecule has 0 radical (unpaired) electrons. The average molecular weight is 254 g/mol. The summed E-state index contributed by atoms with van der Waals surface area (Å²) in [5, 5.41) is 6.13. The number of para-hydroxylation sites is 1. The van der Waals surface area contributed by atoms with Gasteiger partial charge in [-0.15, -0.1) is 0 Å². The predicted octanol–water partition coefficient (Wildman–Crippen LogP) is 3.11. The highest BCUT2D eigenvalue weighted by Crippen LogP contribution is 2.16. The SMILES string of the molecule is CC(=O)NCCc1ccc(Nc2ccccc2)cc1. The third-order valence-corrected chi connectivity index (χ3v) is 2.80. The average Bonchev–Trinajstić information content (AvgIpc) is 2.42. The van der Waals surface area contributed by atoms with Crippen LogP contribution in [0.25, 0.3) is 0 Å². The van der Waals surface area contributed by atoms with Gasteiger partial charge in [-0.1, -0.05) is 30.3 Å². The summed E-state index contributed by atoms with van der Waals surface area (Å²) in [5.74, 6) is 0.0161. The summed E-state index contributed by atoms with van der Waals surface area (Å²) in [6, 6.07) is 18.3. The van der Waals surface area contributed by atoms with E-state index in [1.165, 1.54) is 12.5 Å². The third kappa shape index (κ3) is 4.47. The Balaban J connectivity index is 1.89. The zero-order valence-electron chi connectivity index (χ0n) is 11.0. The Morgan fingerprint density at radius 2 is 1.58 bits per heavy atom. The maximum absolute atomic E-state index is 10.8. The van der Waals surface area contributed by atoms with Crippen molar-refractivity contribution in [3.63, 3.8) is 0 Å². The van der Waals surface area contributed by atoms with Crippen LogP contribution in [0.1, 0.15) is 12.5 Å². The van der Waals surface area contributed by atoms with E-state index >= 15 is 0 Å². The van der Waals surface area contributed by atoms with Crippen LogP contribution in [0.4, 0.5) is 11.4 Å². The van der Waals surface area contributed by atoms with Gasteiger partial charge in [0.1, 0.15) is 0 Å². The second-order valence-electron chi connectivity index (χ2n) is 4.42. The second kappa shape index (κ2) is 6.59. The molecule has 0 saturated heterocycles. The maximum Gasteiger partial charge on any atom is 0.216 e. The van der Waals surface area contributed by atoms with Gasteiger partial charge in [0.25, 0.3) is 0 Å². The Morgan fingerprint density at radius 3 is 2.21 bits per heavy atom. The Bertz CT molecular complexity index is 520. The van der Waals surface area contributed by atoms with Gasteiger partial charge in [0.05, 0.1) is 0 Å². The molecule has 0 spiro atoms. The molecule has 2 aromatic carbocycles. The van der Waals surface area contributed by atoms with Gasteiger partial charge in [-0.25, -0.2) is 0 Å². The fourth-order valence-corrected chi connectivity index (χ4v) is 1.83. The minimum Gasteiger partial charge on any atom is -0.356 e. The predicted molar refractivity (Wildman–Crippen MR) is 78.6 cm³/mol. The van der Waals surface area contributed by atoms with Crippen LogP contribution in [0.2, 0.25) is 0 Å². The molecule has 2 N–H and O–H groups in total.